The van der Waals surface area contributed by atoms with Gasteiger partial charge in [-0.05, 0) is 38.5 Å². The molecule has 0 aliphatic carbocycles. The van der Waals surface area contributed by atoms with Gasteiger partial charge in [0.05, 0.1) is 0 Å². The lowest BCUT2D eigenvalue weighted by Gasteiger charge is -2.45. The quantitative estimate of drug-likeness (QED) is 0.425. The topological polar surface area (TPSA) is 60.8 Å². The van der Waals surface area contributed by atoms with E-state index in [4.69, 9.17) is 0 Å². The van der Waals surface area contributed by atoms with Crippen molar-refractivity contribution in [1.29, 1.82) is 0 Å². The van der Waals surface area contributed by atoms with E-state index < -0.39 is 13.3 Å². The Labute approximate surface area is 144 Å². The van der Waals surface area contributed by atoms with Crippen LogP contribution in [0.5, 0.6) is 0 Å². The van der Waals surface area contributed by atoms with Gasteiger partial charge in [-0.15, -0.1) is 0 Å². The fourth-order valence-electron chi connectivity index (χ4n) is 3.56. The van der Waals surface area contributed by atoms with E-state index in [-0.39, 0.29) is 0 Å². The average Bonchev–Trinajstić information content (AvgIpc) is 2.46. The van der Waals surface area contributed by atoms with Crippen molar-refractivity contribution in [1.82, 2.24) is 4.67 Å². The van der Waals surface area contributed by atoms with E-state index >= 15 is 0 Å². The smallest absolute Gasteiger partial charge is 0.312 e. The summed E-state index contributed by atoms with van der Waals surface area (Å²) < 4.78 is 13.7. The number of hydrogen-bond acceptors (Lipinski definition) is 1. The number of unbranched alkanes of at least 4 members (excludes halogenated alkanes) is 2. The summed E-state index contributed by atoms with van der Waals surface area (Å²) in [5.74, 6) is 0.657. The van der Waals surface area contributed by atoms with Crippen molar-refractivity contribution in [2.75, 3.05) is 6.54 Å². The van der Waals surface area contributed by atoms with Gasteiger partial charge < -0.3 is 9.79 Å². The summed E-state index contributed by atoms with van der Waals surface area (Å²) in [6.07, 6.45) is 8.49. The summed E-state index contributed by atoms with van der Waals surface area (Å²) in [6.45, 7) is 13.1. The first-order valence-electron chi connectivity index (χ1n) is 9.48. The second-order valence-corrected chi connectivity index (χ2v) is 8.92. The molecular formula is C18H40NO3P. The molecule has 0 saturated heterocycles. The Morgan fingerprint density at radius 3 is 1.87 bits per heavy atom. The van der Waals surface area contributed by atoms with Crippen molar-refractivity contribution in [3.63, 3.8) is 0 Å². The van der Waals surface area contributed by atoms with E-state index in [1.807, 2.05) is 13.8 Å². The molecule has 0 spiro atoms. The van der Waals surface area contributed by atoms with Crippen LogP contribution in [-0.2, 0) is 4.57 Å². The van der Waals surface area contributed by atoms with Gasteiger partial charge in [0.25, 0.3) is 0 Å². The van der Waals surface area contributed by atoms with Crippen LogP contribution in [0.1, 0.15) is 92.9 Å². The average molecular weight is 349 g/mol. The third kappa shape index (κ3) is 7.69. The van der Waals surface area contributed by atoms with Crippen LogP contribution >= 0.6 is 7.75 Å². The van der Waals surface area contributed by atoms with Crippen LogP contribution in [0.25, 0.3) is 0 Å². The van der Waals surface area contributed by atoms with Crippen LogP contribution < -0.4 is 0 Å². The van der Waals surface area contributed by atoms with Crippen molar-refractivity contribution < 1.29 is 14.4 Å². The molecule has 0 aromatic carbocycles. The van der Waals surface area contributed by atoms with E-state index in [1.54, 1.807) is 0 Å². The van der Waals surface area contributed by atoms with Crippen molar-refractivity contribution in [3.8, 4) is 0 Å². The molecule has 0 aromatic rings. The SMILES string of the molecule is CCCCC(CC)CN(C(C)(C)C(CC)CCCC)P(=O)(O)O. The van der Waals surface area contributed by atoms with E-state index in [0.29, 0.717) is 18.4 Å². The second-order valence-electron chi connectivity index (χ2n) is 7.41. The van der Waals surface area contributed by atoms with Crippen LogP contribution in [0.2, 0.25) is 0 Å². The fraction of sp³-hybridized carbons (Fsp3) is 1.00. The zero-order valence-electron chi connectivity index (χ0n) is 16.2. The predicted octanol–water partition coefficient (Wildman–Crippen LogP) is 5.59. The first-order chi connectivity index (χ1) is 10.6. The van der Waals surface area contributed by atoms with Gasteiger partial charge in [-0.1, -0.05) is 66.2 Å². The highest BCUT2D eigenvalue weighted by Crippen LogP contribution is 2.49. The molecular weight excluding hydrogens is 309 g/mol. The molecule has 0 heterocycles. The normalized spacial score (nSPS) is 15.9. The maximum Gasteiger partial charge on any atom is 0.403 e. The van der Waals surface area contributed by atoms with Gasteiger partial charge in [0.15, 0.2) is 0 Å². The zero-order chi connectivity index (χ0) is 18.1. The Morgan fingerprint density at radius 1 is 0.957 bits per heavy atom. The molecule has 0 radical (unpaired) electrons. The fourth-order valence-corrected chi connectivity index (χ4v) is 4.84. The molecule has 0 amide bonds. The van der Waals surface area contributed by atoms with Crippen LogP contribution in [-0.4, -0.2) is 26.5 Å². The Balaban J connectivity index is 5.30. The molecule has 23 heavy (non-hydrogen) atoms. The lowest BCUT2D eigenvalue weighted by Crippen LogP contribution is -2.49. The number of rotatable bonds is 13. The van der Waals surface area contributed by atoms with Gasteiger partial charge in [-0.3, -0.25) is 0 Å². The monoisotopic (exact) mass is 349 g/mol. The maximum atomic E-state index is 12.2. The molecule has 0 saturated carbocycles. The predicted molar refractivity (Wildman–Crippen MR) is 99.4 cm³/mol. The first kappa shape index (κ1) is 23.1. The largest absolute Gasteiger partial charge is 0.403 e. The van der Waals surface area contributed by atoms with Crippen molar-refractivity contribution in [2.24, 2.45) is 11.8 Å². The second kappa shape index (κ2) is 10.9. The Kier molecular flexibility index (Phi) is 10.9. The lowest BCUT2D eigenvalue weighted by atomic mass is 9.81. The zero-order valence-corrected chi connectivity index (χ0v) is 17.1. The molecule has 140 valence electrons. The highest BCUT2D eigenvalue weighted by atomic mass is 31.2. The van der Waals surface area contributed by atoms with E-state index in [2.05, 4.69) is 27.7 Å². The summed E-state index contributed by atoms with van der Waals surface area (Å²) in [4.78, 5) is 20.0. The third-order valence-corrected chi connectivity index (χ3v) is 6.66. The van der Waals surface area contributed by atoms with E-state index in [9.17, 15) is 14.4 Å². The minimum absolute atomic E-state index is 0.304. The molecule has 2 N–H and O–H groups in total. The molecule has 0 rings (SSSR count). The standard InChI is InChI=1S/C18H40NO3P/c1-7-11-13-16(9-3)15-19(23(20,21)22)18(5,6)17(10-4)14-12-8-2/h16-17H,7-15H2,1-6H3,(H2,20,21,22). The molecule has 0 fully saturated rings. The highest BCUT2D eigenvalue weighted by molar-refractivity contribution is 7.49. The van der Waals surface area contributed by atoms with Crippen molar-refractivity contribution >= 4 is 7.75 Å². The maximum absolute atomic E-state index is 12.2. The number of nitrogens with zero attached hydrogens (tertiary/aromatic N) is 1. The van der Waals surface area contributed by atoms with E-state index in [1.165, 1.54) is 4.67 Å². The van der Waals surface area contributed by atoms with Gasteiger partial charge in [-0.25, -0.2) is 9.24 Å². The summed E-state index contributed by atoms with van der Waals surface area (Å²) in [5, 5.41) is 0. The Morgan fingerprint density at radius 2 is 1.48 bits per heavy atom. The minimum atomic E-state index is -4.26. The molecule has 5 heteroatoms. The van der Waals surface area contributed by atoms with Crippen molar-refractivity contribution in [2.45, 2.75) is 98.4 Å². The van der Waals surface area contributed by atoms with Crippen LogP contribution in [0, 0.1) is 11.8 Å². The summed E-state index contributed by atoms with van der Waals surface area (Å²) in [5.41, 5.74) is -0.484. The van der Waals surface area contributed by atoms with Crippen LogP contribution in [0.15, 0.2) is 0 Å². The summed E-state index contributed by atoms with van der Waals surface area (Å²) in [6, 6.07) is 0. The molecule has 2 atom stereocenters. The van der Waals surface area contributed by atoms with Crippen molar-refractivity contribution in [3.05, 3.63) is 0 Å². The summed E-state index contributed by atoms with van der Waals surface area (Å²) in [7, 11) is -4.26. The number of hydrogen-bond donors (Lipinski definition) is 2. The molecule has 0 aromatic heterocycles. The van der Waals surface area contributed by atoms with Gasteiger partial charge in [0.1, 0.15) is 0 Å². The highest BCUT2D eigenvalue weighted by Gasteiger charge is 2.43. The van der Waals surface area contributed by atoms with Crippen LogP contribution in [0.3, 0.4) is 0 Å². The van der Waals surface area contributed by atoms with Gasteiger partial charge in [0, 0.05) is 12.1 Å². The molecule has 0 bridgehead atoms. The van der Waals surface area contributed by atoms with Gasteiger partial charge in [0.2, 0.25) is 0 Å². The Hall–Kier alpha value is 0.110. The lowest BCUT2D eigenvalue weighted by molar-refractivity contribution is 0.0835. The molecule has 2 unspecified atom stereocenters. The summed E-state index contributed by atoms with van der Waals surface area (Å²) >= 11 is 0. The Bertz CT molecular complexity index is 354. The van der Waals surface area contributed by atoms with Gasteiger partial charge >= 0.3 is 7.75 Å². The molecule has 4 nitrogen and oxygen atoms in total. The van der Waals surface area contributed by atoms with E-state index in [0.717, 1.165) is 51.4 Å². The third-order valence-electron chi connectivity index (χ3n) is 5.35. The molecule has 0 aliphatic heterocycles. The van der Waals surface area contributed by atoms with Gasteiger partial charge in [-0.2, -0.15) is 0 Å². The minimum Gasteiger partial charge on any atom is -0.312 e. The van der Waals surface area contributed by atoms with Crippen LogP contribution in [0.4, 0.5) is 0 Å². The first-order valence-corrected chi connectivity index (χ1v) is 11.0. The molecule has 0 aliphatic rings.